The molecule has 3 heterocycles. The minimum Gasteiger partial charge on any atom is -0.471 e. The SMILES string of the molecule is CC1C2CN(C(=O)CNCOC3CC4CC4C3CCCCC(F)(F)c3nc4ccc(N)cc4nc3O2)C1C(=O)NC1(C(=O)NS(=O)(=O)C2(C)CC2)CC1C(F)F. The Morgan fingerprint density at radius 2 is 1.84 bits per heavy atom. The van der Waals surface area contributed by atoms with E-state index >= 15 is 8.78 Å². The lowest BCUT2D eigenvalue weighted by atomic mass is 9.93. The largest absolute Gasteiger partial charge is 0.471 e. The van der Waals surface area contributed by atoms with Gasteiger partial charge in [0, 0.05) is 18.0 Å². The van der Waals surface area contributed by atoms with E-state index in [0.717, 1.165) is 17.7 Å². The summed E-state index contributed by atoms with van der Waals surface area (Å²) in [4.78, 5) is 51.5. The second-order valence-corrected chi connectivity index (χ2v) is 19.1. The summed E-state index contributed by atoms with van der Waals surface area (Å²) in [7, 11) is -4.25. The van der Waals surface area contributed by atoms with Gasteiger partial charge in [0.1, 0.15) is 17.7 Å². The van der Waals surface area contributed by atoms with Crippen LogP contribution in [0.25, 0.3) is 11.0 Å². The van der Waals surface area contributed by atoms with Crippen molar-refractivity contribution in [1.29, 1.82) is 0 Å². The molecule has 1 saturated heterocycles. The Kier molecular flexibility index (Phi) is 9.70. The number of amides is 3. The minimum atomic E-state index is -4.25. The number of fused-ring (bicyclic) bond motifs is 7. The van der Waals surface area contributed by atoms with Crippen molar-refractivity contribution in [2.45, 2.75) is 113 Å². The maximum Gasteiger partial charge on any atom is 0.295 e. The quantitative estimate of drug-likeness (QED) is 0.247. The first-order chi connectivity index (χ1) is 26.4. The van der Waals surface area contributed by atoms with Crippen molar-refractivity contribution >= 4 is 44.5 Å². The maximum absolute atomic E-state index is 16.3. The number of carbonyl (C=O) groups excluding carboxylic acids is 3. The molecule has 19 heteroatoms. The molecule has 9 unspecified atom stereocenters. The fourth-order valence-electron chi connectivity index (χ4n) is 9.07. The van der Waals surface area contributed by atoms with Crippen molar-refractivity contribution in [3.63, 3.8) is 0 Å². The predicted molar refractivity (Wildman–Crippen MR) is 193 cm³/mol. The highest BCUT2D eigenvalue weighted by Gasteiger charge is 2.67. The van der Waals surface area contributed by atoms with Gasteiger partial charge < -0.3 is 25.4 Å². The monoisotopic (exact) mass is 809 g/mol. The lowest BCUT2D eigenvalue weighted by Gasteiger charge is -2.29. The molecule has 5 N–H and O–H groups in total. The van der Waals surface area contributed by atoms with E-state index in [-0.39, 0.29) is 62.1 Å². The zero-order chi connectivity index (χ0) is 39.9. The topological polar surface area (TPSA) is 195 Å². The lowest BCUT2D eigenvalue weighted by Crippen LogP contribution is -2.59. The number of hydrogen-bond acceptors (Lipinski definition) is 11. The Hall–Kier alpha value is -3.84. The Labute approximate surface area is 321 Å². The van der Waals surface area contributed by atoms with Crippen molar-refractivity contribution in [3.05, 3.63) is 23.9 Å². The van der Waals surface area contributed by atoms with E-state index in [1.807, 2.05) is 4.72 Å². The number of ether oxygens (including phenoxy) is 2. The van der Waals surface area contributed by atoms with E-state index in [9.17, 15) is 31.6 Å². The summed E-state index contributed by atoms with van der Waals surface area (Å²) in [6.07, 6.45) is -1.45. The van der Waals surface area contributed by atoms with Crippen LogP contribution in [0, 0.1) is 29.6 Å². The van der Waals surface area contributed by atoms with Crippen LogP contribution in [-0.2, 0) is 35.1 Å². The summed E-state index contributed by atoms with van der Waals surface area (Å²) in [5.74, 6) is -8.35. The molecule has 2 aliphatic heterocycles. The fourth-order valence-corrected chi connectivity index (χ4v) is 10.4. The molecule has 56 heavy (non-hydrogen) atoms. The van der Waals surface area contributed by atoms with E-state index in [4.69, 9.17) is 15.2 Å². The third-order valence-electron chi connectivity index (χ3n) is 13.0. The van der Waals surface area contributed by atoms with Crippen molar-refractivity contribution in [2.24, 2.45) is 29.6 Å². The highest BCUT2D eigenvalue weighted by Crippen LogP contribution is 2.58. The van der Waals surface area contributed by atoms with Gasteiger partial charge in [-0.1, -0.05) is 13.3 Å². The normalized spacial score (nSPS) is 35.0. The van der Waals surface area contributed by atoms with Gasteiger partial charge in [0.25, 0.3) is 11.8 Å². The molecule has 0 spiro atoms. The summed E-state index contributed by atoms with van der Waals surface area (Å²) in [6, 6.07) is 3.00. The molecular weight excluding hydrogens is 763 g/mol. The molecule has 2 aromatic rings. The molecule has 306 valence electrons. The van der Waals surface area contributed by atoms with Crippen LogP contribution in [0.5, 0.6) is 5.88 Å². The standard InChI is InChI=1S/C37H47F4N7O7S/c1-18-27-16-48(29(18)32(50)46-36(14-23(36)31(38)39)34(51)47-56(52,53)35(2)9-10-35)28(49)15-43-17-54-26-12-19-11-22(19)21(26)5-3-4-8-37(40,41)30-33(55-27)45-25-13-20(42)6-7-24(25)44-30/h6-7,13,18-19,21-23,26-27,29,31,43H,3-5,8-12,14-17,42H2,1-2H3,(H,46,50)(H,47,51). The average molecular weight is 810 g/mol. The van der Waals surface area contributed by atoms with E-state index in [0.29, 0.717) is 30.4 Å². The Morgan fingerprint density at radius 1 is 1.07 bits per heavy atom. The average Bonchev–Trinajstić information content (AvgIpc) is 4.09. The van der Waals surface area contributed by atoms with Crippen LogP contribution in [0.1, 0.15) is 77.3 Å². The summed E-state index contributed by atoms with van der Waals surface area (Å²) < 4.78 is 99.7. The number of carbonyl (C=O) groups is 3. The number of nitrogens with two attached hydrogens (primary N) is 1. The molecule has 2 bridgehead atoms. The first kappa shape index (κ1) is 39.0. The molecule has 1 aromatic carbocycles. The number of anilines is 1. The molecule has 8 rings (SSSR count). The van der Waals surface area contributed by atoms with Crippen LogP contribution < -0.4 is 25.8 Å². The molecule has 4 saturated carbocycles. The van der Waals surface area contributed by atoms with Gasteiger partial charge in [-0.05, 0) is 87.8 Å². The number of hydrogen-bond donors (Lipinski definition) is 4. The van der Waals surface area contributed by atoms with Crippen molar-refractivity contribution in [2.75, 3.05) is 25.6 Å². The number of halogens is 4. The molecule has 0 radical (unpaired) electrons. The van der Waals surface area contributed by atoms with Gasteiger partial charge in [-0.3, -0.25) is 24.4 Å². The van der Waals surface area contributed by atoms with Gasteiger partial charge in [-0.15, -0.1) is 0 Å². The third kappa shape index (κ3) is 7.05. The molecule has 3 amide bonds. The third-order valence-corrected chi connectivity index (χ3v) is 15.2. The molecule has 6 aliphatic rings. The van der Waals surface area contributed by atoms with Gasteiger partial charge in [-0.2, -0.15) is 8.78 Å². The number of benzene rings is 1. The number of alkyl halides is 4. The number of sulfonamides is 1. The summed E-state index contributed by atoms with van der Waals surface area (Å²) in [5, 5.41) is 5.38. The highest BCUT2D eigenvalue weighted by atomic mass is 32.2. The van der Waals surface area contributed by atoms with Gasteiger partial charge in [0.2, 0.25) is 34.1 Å². The van der Waals surface area contributed by atoms with E-state index in [1.165, 1.54) is 32.0 Å². The highest BCUT2D eigenvalue weighted by molar-refractivity contribution is 7.91. The number of aromatic nitrogens is 2. The first-order valence-electron chi connectivity index (χ1n) is 19.3. The van der Waals surface area contributed by atoms with Gasteiger partial charge in [0.05, 0.1) is 47.6 Å². The second-order valence-electron chi connectivity index (χ2n) is 16.9. The number of nitrogens with zero attached hydrogens (tertiary/aromatic N) is 3. The van der Waals surface area contributed by atoms with Crippen LogP contribution in [0.4, 0.5) is 23.2 Å². The summed E-state index contributed by atoms with van der Waals surface area (Å²) in [5.41, 5.74) is 3.63. The number of rotatable bonds is 6. The van der Waals surface area contributed by atoms with E-state index in [2.05, 4.69) is 20.6 Å². The summed E-state index contributed by atoms with van der Waals surface area (Å²) in [6.45, 7) is 2.37. The Morgan fingerprint density at radius 3 is 2.55 bits per heavy atom. The smallest absolute Gasteiger partial charge is 0.295 e. The Balaban J connectivity index is 1.11. The van der Waals surface area contributed by atoms with Gasteiger partial charge >= 0.3 is 0 Å². The van der Waals surface area contributed by atoms with Gasteiger partial charge in [0.15, 0.2) is 5.69 Å². The molecule has 5 fully saturated rings. The van der Waals surface area contributed by atoms with E-state index < -0.39 is 98.8 Å². The zero-order valence-electron chi connectivity index (χ0n) is 31.1. The fraction of sp³-hybridized carbons (Fsp3) is 0.703. The lowest BCUT2D eigenvalue weighted by molar-refractivity contribution is -0.140. The van der Waals surface area contributed by atoms with Crippen molar-refractivity contribution in [1.82, 2.24) is 30.2 Å². The Bertz CT molecular complexity index is 2040. The molecular formula is C37H47F4N7O7S. The van der Waals surface area contributed by atoms with Gasteiger partial charge in [-0.25, -0.2) is 27.2 Å². The maximum atomic E-state index is 16.3. The molecule has 14 nitrogen and oxygen atoms in total. The van der Waals surface area contributed by atoms with E-state index in [1.54, 1.807) is 0 Å². The summed E-state index contributed by atoms with van der Waals surface area (Å²) >= 11 is 0. The predicted octanol–water partition coefficient (Wildman–Crippen LogP) is 3.20. The van der Waals surface area contributed by atoms with Crippen molar-refractivity contribution in [3.8, 4) is 5.88 Å². The van der Waals surface area contributed by atoms with Crippen molar-refractivity contribution < 1.29 is 49.8 Å². The minimum absolute atomic E-state index is 0.0243. The zero-order valence-corrected chi connectivity index (χ0v) is 31.9. The molecule has 9 atom stereocenters. The van der Waals surface area contributed by atoms with Crippen LogP contribution in [-0.4, -0.2) is 95.8 Å². The number of nitrogens with one attached hydrogen (secondary N) is 3. The van der Waals surface area contributed by atoms with Crippen LogP contribution in [0.15, 0.2) is 18.2 Å². The molecule has 4 aliphatic carbocycles. The molecule has 1 aromatic heterocycles. The van der Waals surface area contributed by atoms with Crippen LogP contribution in [0.3, 0.4) is 0 Å². The number of nitrogen functional groups attached to an aromatic ring is 1. The van der Waals surface area contributed by atoms with Crippen LogP contribution >= 0.6 is 0 Å². The first-order valence-corrected chi connectivity index (χ1v) is 20.8. The van der Waals surface area contributed by atoms with Crippen LogP contribution in [0.2, 0.25) is 0 Å². The second kappa shape index (κ2) is 13.9.